The molecule has 1 fully saturated rings. The zero-order valence-electron chi connectivity index (χ0n) is 14.9. The minimum Gasteiger partial charge on any atom is -0.291 e. The molecular weight excluding hydrogens is 358 g/mol. The SMILES string of the molecule is O=C1C2CC=CCC2C(=O)N1c1cc(=O)[nH]c2nc(Cc3ccccc3)nn12. The summed E-state index contributed by atoms with van der Waals surface area (Å²) in [5.74, 6) is -0.472. The maximum absolute atomic E-state index is 12.9. The third-order valence-corrected chi connectivity index (χ3v) is 5.30. The summed E-state index contributed by atoms with van der Waals surface area (Å²) in [4.78, 5) is 46.1. The predicted molar refractivity (Wildman–Crippen MR) is 101 cm³/mol. The summed E-state index contributed by atoms with van der Waals surface area (Å²) >= 11 is 0. The lowest BCUT2D eigenvalue weighted by atomic mass is 9.85. The van der Waals surface area contributed by atoms with Gasteiger partial charge in [0.25, 0.3) is 5.56 Å². The van der Waals surface area contributed by atoms with Crippen molar-refractivity contribution in [1.29, 1.82) is 0 Å². The standard InChI is InChI=1S/C20H17N5O3/c26-16-11-17(24-18(27)13-8-4-5-9-14(13)19(24)28)25-20(22-16)21-15(23-25)10-12-6-2-1-3-7-12/h1-7,11,13-14H,8-10H2,(H,21,22,23,26). The van der Waals surface area contributed by atoms with E-state index >= 15 is 0 Å². The minimum atomic E-state index is -0.435. The Kier molecular flexibility index (Phi) is 3.71. The first kappa shape index (κ1) is 16.6. The number of anilines is 1. The lowest BCUT2D eigenvalue weighted by molar-refractivity contribution is -0.122. The predicted octanol–water partition coefficient (Wildman–Crippen LogP) is 1.46. The quantitative estimate of drug-likeness (QED) is 0.552. The first-order valence-electron chi connectivity index (χ1n) is 9.17. The number of fused-ring (bicyclic) bond motifs is 2. The van der Waals surface area contributed by atoms with E-state index < -0.39 is 5.56 Å². The van der Waals surface area contributed by atoms with Gasteiger partial charge >= 0.3 is 0 Å². The molecule has 0 radical (unpaired) electrons. The molecule has 2 unspecified atom stereocenters. The van der Waals surface area contributed by atoms with Crippen LogP contribution in [-0.2, 0) is 16.0 Å². The number of carbonyl (C=O) groups is 2. The number of aromatic nitrogens is 4. The number of aromatic amines is 1. The summed E-state index contributed by atoms with van der Waals surface area (Å²) in [6.07, 6.45) is 5.40. The monoisotopic (exact) mass is 375 g/mol. The lowest BCUT2D eigenvalue weighted by Crippen LogP contribution is -2.34. The Labute approximate surface area is 159 Å². The van der Waals surface area contributed by atoms with Crippen molar-refractivity contribution in [1.82, 2.24) is 19.6 Å². The molecule has 0 spiro atoms. The fraction of sp³-hybridized carbons (Fsp3) is 0.250. The van der Waals surface area contributed by atoms with Gasteiger partial charge in [-0.25, -0.2) is 4.90 Å². The van der Waals surface area contributed by atoms with Gasteiger partial charge in [-0.15, -0.1) is 5.10 Å². The van der Waals surface area contributed by atoms with Gasteiger partial charge in [-0.1, -0.05) is 42.5 Å². The highest BCUT2D eigenvalue weighted by Crippen LogP contribution is 2.37. The van der Waals surface area contributed by atoms with Crippen LogP contribution in [-0.4, -0.2) is 31.4 Å². The number of hydrogen-bond donors (Lipinski definition) is 1. The Bertz CT molecular complexity index is 1150. The summed E-state index contributed by atoms with van der Waals surface area (Å²) in [6, 6.07) is 10.9. The summed E-state index contributed by atoms with van der Waals surface area (Å²) in [7, 11) is 0. The summed E-state index contributed by atoms with van der Waals surface area (Å²) < 4.78 is 1.38. The summed E-state index contributed by atoms with van der Waals surface area (Å²) in [6.45, 7) is 0. The number of imide groups is 1. The molecule has 1 aliphatic carbocycles. The van der Waals surface area contributed by atoms with Crippen molar-refractivity contribution in [2.45, 2.75) is 19.3 Å². The van der Waals surface area contributed by atoms with Crippen LogP contribution in [0.1, 0.15) is 24.2 Å². The molecule has 1 saturated heterocycles. The number of carbonyl (C=O) groups excluding carboxylic acids is 2. The largest absolute Gasteiger partial charge is 0.291 e. The second-order valence-corrected chi connectivity index (χ2v) is 7.09. The van der Waals surface area contributed by atoms with E-state index in [9.17, 15) is 14.4 Å². The van der Waals surface area contributed by atoms with Gasteiger partial charge < -0.3 is 0 Å². The Balaban J connectivity index is 1.59. The molecule has 140 valence electrons. The van der Waals surface area contributed by atoms with Gasteiger partial charge in [-0.05, 0) is 18.4 Å². The second-order valence-electron chi connectivity index (χ2n) is 7.09. The van der Waals surface area contributed by atoms with Crippen LogP contribution in [0.15, 0.2) is 53.3 Å². The zero-order chi connectivity index (χ0) is 19.3. The molecule has 2 aliphatic rings. The Morgan fingerprint density at radius 2 is 1.68 bits per heavy atom. The fourth-order valence-corrected chi connectivity index (χ4v) is 3.96. The van der Waals surface area contributed by atoms with Crippen LogP contribution >= 0.6 is 0 Å². The Morgan fingerprint density at radius 3 is 2.36 bits per heavy atom. The summed E-state index contributed by atoms with van der Waals surface area (Å²) in [5, 5.41) is 4.45. The number of allylic oxidation sites excluding steroid dienone is 2. The van der Waals surface area contributed by atoms with E-state index in [1.807, 2.05) is 42.5 Å². The van der Waals surface area contributed by atoms with Gasteiger partial charge in [0, 0.05) is 12.5 Å². The van der Waals surface area contributed by atoms with E-state index in [0.717, 1.165) is 10.5 Å². The van der Waals surface area contributed by atoms with E-state index in [4.69, 9.17) is 0 Å². The topological polar surface area (TPSA) is 100 Å². The number of amides is 2. The van der Waals surface area contributed by atoms with Crippen molar-refractivity contribution in [2.24, 2.45) is 11.8 Å². The first-order chi connectivity index (χ1) is 13.6. The average Bonchev–Trinajstić information content (AvgIpc) is 3.21. The third kappa shape index (κ3) is 2.57. The van der Waals surface area contributed by atoms with Crippen LogP contribution in [0.2, 0.25) is 0 Å². The molecule has 0 bridgehead atoms. The van der Waals surface area contributed by atoms with Crippen LogP contribution in [0.5, 0.6) is 0 Å². The van der Waals surface area contributed by atoms with Gasteiger partial charge in [0.05, 0.1) is 11.8 Å². The van der Waals surface area contributed by atoms with Crippen LogP contribution in [0.3, 0.4) is 0 Å². The maximum atomic E-state index is 12.9. The first-order valence-corrected chi connectivity index (χ1v) is 9.17. The normalized spacial score (nSPS) is 21.5. The van der Waals surface area contributed by atoms with E-state index in [1.54, 1.807) is 0 Å². The molecule has 2 aromatic heterocycles. The molecule has 1 aliphatic heterocycles. The second kappa shape index (κ2) is 6.26. The smallest absolute Gasteiger partial charge is 0.254 e. The van der Waals surface area contributed by atoms with Crippen molar-refractivity contribution >= 4 is 23.4 Å². The number of hydrogen-bond acceptors (Lipinski definition) is 5. The van der Waals surface area contributed by atoms with Crippen molar-refractivity contribution in [3.05, 3.63) is 70.3 Å². The molecule has 28 heavy (non-hydrogen) atoms. The maximum Gasteiger partial charge on any atom is 0.254 e. The molecule has 2 atom stereocenters. The molecule has 3 aromatic rings. The highest BCUT2D eigenvalue weighted by Gasteiger charge is 2.48. The number of rotatable bonds is 3. The van der Waals surface area contributed by atoms with Gasteiger partial charge in [0.15, 0.2) is 11.6 Å². The van der Waals surface area contributed by atoms with Crippen LogP contribution in [0.4, 0.5) is 5.82 Å². The molecule has 0 saturated carbocycles. The molecule has 8 heteroatoms. The molecule has 5 rings (SSSR count). The lowest BCUT2D eigenvalue weighted by Gasteiger charge is -2.14. The number of nitrogens with zero attached hydrogens (tertiary/aromatic N) is 4. The Morgan fingerprint density at radius 1 is 1.00 bits per heavy atom. The van der Waals surface area contributed by atoms with E-state index in [1.165, 1.54) is 10.6 Å². The van der Waals surface area contributed by atoms with Crippen molar-refractivity contribution in [3.8, 4) is 0 Å². The van der Waals surface area contributed by atoms with E-state index in [-0.39, 0.29) is 35.2 Å². The van der Waals surface area contributed by atoms with Gasteiger partial charge in [0.1, 0.15) is 0 Å². The van der Waals surface area contributed by atoms with Gasteiger partial charge in [-0.3, -0.25) is 19.4 Å². The van der Waals surface area contributed by atoms with Crippen molar-refractivity contribution < 1.29 is 9.59 Å². The molecule has 3 heterocycles. The number of H-pyrrole nitrogens is 1. The number of nitrogens with one attached hydrogen (secondary N) is 1. The van der Waals surface area contributed by atoms with Crippen molar-refractivity contribution in [2.75, 3.05) is 4.90 Å². The molecule has 1 aromatic carbocycles. The Hall–Kier alpha value is -3.55. The zero-order valence-corrected chi connectivity index (χ0v) is 14.9. The van der Waals surface area contributed by atoms with Gasteiger partial charge in [0.2, 0.25) is 17.6 Å². The molecule has 8 nitrogen and oxygen atoms in total. The van der Waals surface area contributed by atoms with E-state index in [2.05, 4.69) is 15.1 Å². The van der Waals surface area contributed by atoms with Gasteiger partial charge in [-0.2, -0.15) is 9.50 Å². The van der Waals surface area contributed by atoms with Crippen LogP contribution in [0, 0.1) is 11.8 Å². The highest BCUT2D eigenvalue weighted by molar-refractivity contribution is 6.21. The fourth-order valence-electron chi connectivity index (χ4n) is 3.96. The van der Waals surface area contributed by atoms with Crippen molar-refractivity contribution in [3.63, 3.8) is 0 Å². The van der Waals surface area contributed by atoms with Crippen LogP contribution < -0.4 is 10.5 Å². The highest BCUT2D eigenvalue weighted by atomic mass is 16.2. The molecular formula is C20H17N5O3. The van der Waals surface area contributed by atoms with Crippen LogP contribution in [0.25, 0.3) is 5.78 Å². The third-order valence-electron chi connectivity index (χ3n) is 5.30. The number of benzene rings is 1. The average molecular weight is 375 g/mol. The molecule has 1 N–H and O–H groups in total. The summed E-state index contributed by atoms with van der Waals surface area (Å²) in [5.41, 5.74) is 0.586. The minimum absolute atomic E-state index is 0.148. The molecule has 2 amide bonds. The van der Waals surface area contributed by atoms with E-state index in [0.29, 0.717) is 25.1 Å².